The molecule has 0 aliphatic heterocycles. The first-order valence-corrected chi connectivity index (χ1v) is 8.11. The lowest BCUT2D eigenvalue weighted by Crippen LogP contribution is -2.37. The molecule has 0 fully saturated rings. The zero-order valence-corrected chi connectivity index (χ0v) is 16.0. The van der Waals surface area contributed by atoms with Gasteiger partial charge in [-0.3, -0.25) is 0 Å². The first-order valence-electron chi connectivity index (χ1n) is 7.35. The number of ether oxygens (including phenoxy) is 2. The summed E-state index contributed by atoms with van der Waals surface area (Å²) in [5.74, 6) is -4.32. The fourth-order valence-corrected chi connectivity index (χ4v) is 2.46. The van der Waals surface area contributed by atoms with Crippen molar-refractivity contribution in [3.05, 3.63) is 27.6 Å². The highest BCUT2D eigenvalue weighted by Crippen LogP contribution is 2.36. The van der Waals surface area contributed by atoms with Gasteiger partial charge < -0.3 is 14.6 Å². The van der Waals surface area contributed by atoms with Crippen molar-refractivity contribution < 1.29 is 37.3 Å². The van der Waals surface area contributed by atoms with Crippen LogP contribution in [0.2, 0.25) is 10.0 Å². The number of carbonyl (C=O) groups excluding carboxylic acids is 1. The first kappa shape index (κ1) is 21.8. The minimum atomic E-state index is -3.22. The van der Waals surface area contributed by atoms with Crippen LogP contribution in [0, 0.1) is 5.82 Å². The summed E-state index contributed by atoms with van der Waals surface area (Å²) in [4.78, 5) is 27.0. The maximum Gasteiger partial charge on any atom is 0.388 e. The van der Waals surface area contributed by atoms with E-state index in [1.54, 1.807) is 0 Å². The molecule has 2 aromatic heterocycles. The molecule has 0 aliphatic carbocycles. The third-order valence-electron chi connectivity index (χ3n) is 3.35. The van der Waals surface area contributed by atoms with E-state index in [2.05, 4.69) is 14.8 Å². The number of hydrogen-bond donors (Lipinski definition) is 1. The summed E-state index contributed by atoms with van der Waals surface area (Å²) in [5, 5.41) is 11.8. The molecule has 8 nitrogen and oxygen atoms in total. The number of rotatable bonds is 6. The highest BCUT2D eigenvalue weighted by atomic mass is 35.5. The fourth-order valence-electron chi connectivity index (χ4n) is 1.95. The zero-order chi connectivity index (χ0) is 21.4. The lowest BCUT2D eigenvalue weighted by molar-refractivity contribution is -0.155. The number of carboxylic acid groups (broad SMARTS) is 1. The molecule has 152 valence electrons. The molecular weight excluding hydrogens is 430 g/mol. The maximum atomic E-state index is 14.3. The van der Waals surface area contributed by atoms with Crippen LogP contribution in [0.4, 0.5) is 13.2 Å². The van der Waals surface area contributed by atoms with Gasteiger partial charge in [-0.1, -0.05) is 23.2 Å². The van der Waals surface area contributed by atoms with Gasteiger partial charge in [0.15, 0.2) is 11.5 Å². The van der Waals surface area contributed by atoms with Crippen LogP contribution < -0.4 is 4.74 Å². The number of halogens is 5. The van der Waals surface area contributed by atoms with Gasteiger partial charge in [0.05, 0.1) is 5.02 Å². The minimum absolute atomic E-state index is 0.402. The Morgan fingerprint density at radius 3 is 2.43 bits per heavy atom. The number of hydrogen-bond acceptors (Lipinski definition) is 6. The topological polar surface area (TPSA) is 104 Å². The molecule has 2 heterocycles. The van der Waals surface area contributed by atoms with E-state index in [1.165, 1.54) is 7.05 Å². The van der Waals surface area contributed by atoms with E-state index in [9.17, 15) is 22.8 Å². The predicted octanol–water partition coefficient (Wildman–Crippen LogP) is 3.55. The van der Waals surface area contributed by atoms with Crippen LogP contribution >= 0.6 is 23.2 Å². The average molecular weight is 442 g/mol. The van der Waals surface area contributed by atoms with E-state index >= 15 is 0 Å². The number of aryl methyl sites for hydroxylation is 1. The van der Waals surface area contributed by atoms with E-state index in [0.717, 1.165) is 18.5 Å². The summed E-state index contributed by atoms with van der Waals surface area (Å²) >= 11 is 11.7. The molecule has 0 spiro atoms. The SMILES string of the molecule is Cn1nc(-c2nc(C(=O)OC(C)(C)C(=O)O)c(Cl)cc2F)c(Cl)c1OC(F)F. The van der Waals surface area contributed by atoms with Crippen LogP contribution in [0.15, 0.2) is 6.07 Å². The zero-order valence-electron chi connectivity index (χ0n) is 14.5. The number of pyridine rings is 1. The van der Waals surface area contributed by atoms with E-state index in [1.807, 2.05) is 0 Å². The van der Waals surface area contributed by atoms with Crippen molar-refractivity contribution in [1.29, 1.82) is 0 Å². The Labute approximate surface area is 165 Å². The predicted molar refractivity (Wildman–Crippen MR) is 90.2 cm³/mol. The summed E-state index contributed by atoms with van der Waals surface area (Å²) < 4.78 is 49.2. The molecule has 0 bridgehead atoms. The van der Waals surface area contributed by atoms with Gasteiger partial charge >= 0.3 is 18.6 Å². The number of alkyl halides is 2. The van der Waals surface area contributed by atoms with Gasteiger partial charge in [-0.25, -0.2) is 23.6 Å². The van der Waals surface area contributed by atoms with E-state index < -0.39 is 63.0 Å². The molecular formula is C15H12Cl2F3N3O5. The van der Waals surface area contributed by atoms with Gasteiger partial charge in [0.25, 0.3) is 0 Å². The molecule has 0 aliphatic rings. The van der Waals surface area contributed by atoms with Crippen LogP contribution in [0.1, 0.15) is 24.3 Å². The number of esters is 1. The number of aromatic nitrogens is 3. The molecule has 0 unspecified atom stereocenters. The van der Waals surface area contributed by atoms with Gasteiger partial charge in [-0.05, 0) is 19.9 Å². The minimum Gasteiger partial charge on any atom is -0.478 e. The Morgan fingerprint density at radius 1 is 1.29 bits per heavy atom. The quantitative estimate of drug-likeness (QED) is 0.683. The normalized spacial score (nSPS) is 11.6. The van der Waals surface area contributed by atoms with E-state index in [4.69, 9.17) is 33.0 Å². The Hall–Kier alpha value is -2.53. The van der Waals surface area contributed by atoms with Crippen LogP contribution in [0.3, 0.4) is 0 Å². The Morgan fingerprint density at radius 2 is 1.89 bits per heavy atom. The molecule has 0 saturated carbocycles. The van der Waals surface area contributed by atoms with Crippen molar-refractivity contribution in [2.75, 3.05) is 0 Å². The molecule has 2 rings (SSSR count). The van der Waals surface area contributed by atoms with Crippen LogP contribution in [-0.2, 0) is 16.6 Å². The van der Waals surface area contributed by atoms with Crippen LogP contribution in [-0.4, -0.2) is 44.0 Å². The number of nitrogens with zero attached hydrogens (tertiary/aromatic N) is 3. The summed E-state index contributed by atoms with van der Waals surface area (Å²) in [6.45, 7) is -1.00. The Bertz CT molecular complexity index is 949. The summed E-state index contributed by atoms with van der Waals surface area (Å²) in [5.41, 5.74) is -3.54. The lowest BCUT2D eigenvalue weighted by Gasteiger charge is -2.20. The fraction of sp³-hybridized carbons (Fsp3) is 0.333. The third-order valence-corrected chi connectivity index (χ3v) is 3.98. The lowest BCUT2D eigenvalue weighted by atomic mass is 10.1. The van der Waals surface area contributed by atoms with Crippen molar-refractivity contribution in [3.8, 4) is 17.3 Å². The number of carboxylic acids is 1. The third kappa shape index (κ3) is 4.30. The Kier molecular flexibility index (Phi) is 6.09. The highest BCUT2D eigenvalue weighted by Gasteiger charge is 2.34. The van der Waals surface area contributed by atoms with Crippen molar-refractivity contribution >= 4 is 35.1 Å². The smallest absolute Gasteiger partial charge is 0.388 e. The summed E-state index contributed by atoms with van der Waals surface area (Å²) in [6.07, 6.45) is 0. The van der Waals surface area contributed by atoms with Gasteiger partial charge in [0, 0.05) is 7.05 Å². The van der Waals surface area contributed by atoms with Gasteiger partial charge in [0.1, 0.15) is 16.4 Å². The molecule has 2 aromatic rings. The molecule has 0 radical (unpaired) electrons. The van der Waals surface area contributed by atoms with Gasteiger partial charge in [0.2, 0.25) is 11.5 Å². The molecule has 13 heteroatoms. The maximum absolute atomic E-state index is 14.3. The summed E-state index contributed by atoms with van der Waals surface area (Å²) in [6, 6.07) is 0.701. The molecule has 28 heavy (non-hydrogen) atoms. The van der Waals surface area contributed by atoms with Gasteiger partial charge in [-0.15, -0.1) is 0 Å². The monoisotopic (exact) mass is 441 g/mol. The summed E-state index contributed by atoms with van der Waals surface area (Å²) in [7, 11) is 1.21. The first-order chi connectivity index (χ1) is 12.8. The number of carbonyl (C=O) groups is 2. The van der Waals surface area contributed by atoms with Crippen molar-refractivity contribution in [3.63, 3.8) is 0 Å². The molecule has 0 amide bonds. The second-order valence-corrected chi connectivity index (χ2v) is 6.61. The molecule has 0 saturated heterocycles. The largest absolute Gasteiger partial charge is 0.478 e. The van der Waals surface area contributed by atoms with Crippen LogP contribution in [0.25, 0.3) is 11.4 Å². The van der Waals surface area contributed by atoms with Gasteiger partial charge in [-0.2, -0.15) is 13.9 Å². The van der Waals surface area contributed by atoms with Crippen LogP contribution in [0.5, 0.6) is 5.88 Å². The standard InChI is InChI=1S/C15H12Cl2F3N3O5/c1-15(2,13(25)26)28-12(24)8-5(16)4-6(18)9(21-8)10-7(17)11(23(3)22-10)27-14(19)20/h4,14H,1-3H3,(H,25,26). The second-order valence-electron chi connectivity index (χ2n) is 5.82. The van der Waals surface area contributed by atoms with E-state index in [0.29, 0.717) is 6.07 Å². The highest BCUT2D eigenvalue weighted by molar-refractivity contribution is 6.35. The molecule has 1 N–H and O–H groups in total. The second kappa shape index (κ2) is 7.84. The van der Waals surface area contributed by atoms with E-state index in [-0.39, 0.29) is 0 Å². The average Bonchev–Trinajstić information content (AvgIpc) is 2.82. The molecule has 0 atom stereocenters. The Balaban J connectivity index is 2.53. The van der Waals surface area contributed by atoms with Crippen molar-refractivity contribution in [2.24, 2.45) is 7.05 Å². The van der Waals surface area contributed by atoms with Crippen molar-refractivity contribution in [2.45, 2.75) is 26.1 Å². The van der Waals surface area contributed by atoms with Crippen molar-refractivity contribution in [1.82, 2.24) is 14.8 Å². The molecule has 0 aromatic carbocycles. The number of aliphatic carboxylic acids is 1.